The molecule has 36 heavy (non-hydrogen) atoms. The van der Waals surface area contributed by atoms with Gasteiger partial charge in [0.05, 0.1) is 35.3 Å². The maximum absolute atomic E-state index is 13.1. The van der Waals surface area contributed by atoms with Gasteiger partial charge < -0.3 is 19.8 Å². The lowest BCUT2D eigenvalue weighted by Crippen LogP contribution is -2.32. The first kappa shape index (κ1) is 21.7. The molecule has 0 aliphatic carbocycles. The number of hydrogen-bond donors (Lipinski definition) is 2. The molecule has 0 saturated carbocycles. The molecule has 1 unspecified atom stereocenters. The quantitative estimate of drug-likeness (QED) is 0.381. The number of pyridine rings is 1. The molecular formula is C26H21N7O3. The summed E-state index contributed by atoms with van der Waals surface area (Å²) < 4.78 is 12.8. The molecule has 1 aliphatic rings. The Labute approximate surface area is 205 Å². The number of aliphatic imine (C=N–C) groups is 1. The van der Waals surface area contributed by atoms with E-state index in [-0.39, 0.29) is 17.8 Å². The molecular weight excluding hydrogens is 458 g/mol. The van der Waals surface area contributed by atoms with Gasteiger partial charge in [-0.1, -0.05) is 53.6 Å². The number of fused-ring (bicyclic) bond motifs is 2. The van der Waals surface area contributed by atoms with Crippen LogP contribution in [0.15, 0.2) is 88.5 Å². The van der Waals surface area contributed by atoms with Crippen LogP contribution < -0.4 is 10.6 Å². The first-order valence-corrected chi connectivity index (χ1v) is 11.3. The molecule has 2 N–H and O–H groups in total. The largest absolute Gasteiger partial charge is 0.403 e. The molecule has 10 heteroatoms. The van der Waals surface area contributed by atoms with Crippen LogP contribution in [0.4, 0.5) is 11.7 Å². The third-order valence-corrected chi connectivity index (χ3v) is 5.81. The smallest absolute Gasteiger partial charge is 0.317 e. The molecule has 178 valence electrons. The minimum absolute atomic E-state index is 0.0691. The Morgan fingerprint density at radius 1 is 1.06 bits per heavy atom. The van der Waals surface area contributed by atoms with Gasteiger partial charge in [-0.25, -0.2) is 9.51 Å². The lowest BCUT2D eigenvalue weighted by molar-refractivity contribution is -0.116. The summed E-state index contributed by atoms with van der Waals surface area (Å²) in [7, 11) is 1.64. The van der Waals surface area contributed by atoms with Crippen molar-refractivity contribution in [1.82, 2.24) is 19.8 Å². The predicted molar refractivity (Wildman–Crippen MR) is 134 cm³/mol. The zero-order chi connectivity index (χ0) is 24.5. The molecule has 2 aromatic carbocycles. The number of hydrogen-bond acceptors (Lipinski definition) is 8. The molecule has 10 nitrogen and oxygen atoms in total. The van der Waals surface area contributed by atoms with Crippen molar-refractivity contribution >= 4 is 28.8 Å². The van der Waals surface area contributed by atoms with Gasteiger partial charge in [0.2, 0.25) is 6.17 Å². The van der Waals surface area contributed by atoms with Gasteiger partial charge in [-0.05, 0) is 23.8 Å². The van der Waals surface area contributed by atoms with E-state index in [0.29, 0.717) is 23.6 Å². The predicted octanol–water partition coefficient (Wildman–Crippen LogP) is 3.76. The number of benzodiazepines with no additional fused rings is 1. The number of carbonyl (C=O) groups is 1. The molecule has 0 spiro atoms. The minimum Gasteiger partial charge on any atom is -0.403 e. The molecule has 0 bridgehead atoms. The number of benzene rings is 2. The fourth-order valence-corrected chi connectivity index (χ4v) is 4.13. The summed E-state index contributed by atoms with van der Waals surface area (Å²) >= 11 is 0. The topological polar surface area (TPSA) is 119 Å². The Bertz CT molecular complexity index is 1590. The number of nitrogens with one attached hydrogen (secondary N) is 2. The fraction of sp³-hybridized carbons (Fsp3) is 0.115. The van der Waals surface area contributed by atoms with E-state index in [0.717, 1.165) is 22.2 Å². The van der Waals surface area contributed by atoms with Gasteiger partial charge in [0.15, 0.2) is 0 Å². The molecule has 5 aromatic rings. The van der Waals surface area contributed by atoms with E-state index in [9.17, 15) is 4.79 Å². The van der Waals surface area contributed by atoms with Crippen molar-refractivity contribution < 1.29 is 13.9 Å². The van der Waals surface area contributed by atoms with E-state index in [1.165, 1.54) is 0 Å². The maximum atomic E-state index is 13.1. The van der Waals surface area contributed by atoms with Crippen molar-refractivity contribution in [3.05, 3.63) is 95.8 Å². The molecule has 3 aromatic heterocycles. The number of anilines is 2. The number of ether oxygens (including phenoxy) is 1. The lowest BCUT2D eigenvalue weighted by Gasteiger charge is -2.11. The monoisotopic (exact) mass is 479 g/mol. The van der Waals surface area contributed by atoms with Crippen molar-refractivity contribution in [2.24, 2.45) is 4.99 Å². The summed E-state index contributed by atoms with van der Waals surface area (Å²) in [5, 5.41) is 18.5. The van der Waals surface area contributed by atoms with E-state index >= 15 is 0 Å². The Balaban J connectivity index is 1.34. The number of nitrogens with zero attached hydrogens (tertiary/aromatic N) is 5. The van der Waals surface area contributed by atoms with Crippen LogP contribution in [0.5, 0.6) is 0 Å². The third-order valence-electron chi connectivity index (χ3n) is 5.81. The highest BCUT2D eigenvalue weighted by Gasteiger charge is 2.27. The third kappa shape index (κ3) is 3.99. The van der Waals surface area contributed by atoms with E-state index in [1.54, 1.807) is 17.8 Å². The van der Waals surface area contributed by atoms with E-state index in [1.807, 2.05) is 72.9 Å². The zero-order valence-corrected chi connectivity index (χ0v) is 19.3. The van der Waals surface area contributed by atoms with E-state index in [2.05, 4.69) is 25.9 Å². The average molecular weight is 480 g/mol. The highest BCUT2D eigenvalue weighted by Crippen LogP contribution is 2.27. The summed E-state index contributed by atoms with van der Waals surface area (Å²) in [6, 6.07) is 21.2. The molecule has 6 rings (SSSR count). The zero-order valence-electron chi connectivity index (χ0n) is 19.3. The van der Waals surface area contributed by atoms with Crippen molar-refractivity contribution in [2.75, 3.05) is 17.7 Å². The summed E-state index contributed by atoms with van der Waals surface area (Å²) in [5.74, 6) is -0.0695. The highest BCUT2D eigenvalue weighted by atomic mass is 16.5. The standard InChI is InChI=1S/C26H21N7O3/c1-35-15-16-11-12-33-21(13-16)19(14-27-33)25-31-32-26(36-25)30-23-24(34)28-20-10-6-5-9-18(20)22(29-23)17-7-3-2-4-8-17/h2-14,23H,15H2,1H3,(H,28,34)(H,30,32). The summed E-state index contributed by atoms with van der Waals surface area (Å²) in [5.41, 5.74) is 5.52. The van der Waals surface area contributed by atoms with E-state index < -0.39 is 6.17 Å². The summed E-state index contributed by atoms with van der Waals surface area (Å²) in [4.78, 5) is 17.8. The van der Waals surface area contributed by atoms with E-state index in [4.69, 9.17) is 14.1 Å². The number of methoxy groups -OCH3 is 1. The second-order valence-electron chi connectivity index (χ2n) is 8.19. The number of carbonyl (C=O) groups excluding carboxylic acids is 1. The van der Waals surface area contributed by atoms with Crippen LogP contribution in [0.25, 0.3) is 17.0 Å². The second kappa shape index (κ2) is 9.08. The SMILES string of the molecule is COCc1ccn2ncc(-c3nnc(NC4N=C(c5ccccc5)c5ccccc5NC4=O)o3)c2c1. The van der Waals surface area contributed by atoms with Gasteiger partial charge in [0.25, 0.3) is 11.8 Å². The summed E-state index contributed by atoms with van der Waals surface area (Å²) in [6.45, 7) is 0.471. The molecule has 0 saturated heterocycles. The fourth-order valence-electron chi connectivity index (χ4n) is 4.13. The van der Waals surface area contributed by atoms with Crippen molar-refractivity contribution in [2.45, 2.75) is 12.8 Å². The van der Waals surface area contributed by atoms with Gasteiger partial charge in [-0.3, -0.25) is 4.79 Å². The molecule has 1 amide bonds. The average Bonchev–Trinajstić information content (AvgIpc) is 3.51. The van der Waals surface area contributed by atoms with Crippen LogP contribution in [0.3, 0.4) is 0 Å². The minimum atomic E-state index is -0.988. The second-order valence-corrected chi connectivity index (χ2v) is 8.19. The molecule has 1 atom stereocenters. The Morgan fingerprint density at radius 2 is 1.89 bits per heavy atom. The van der Waals surface area contributed by atoms with Crippen molar-refractivity contribution in [1.29, 1.82) is 0 Å². The highest BCUT2D eigenvalue weighted by molar-refractivity contribution is 6.19. The van der Waals surface area contributed by atoms with Crippen LogP contribution in [0, 0.1) is 0 Å². The van der Waals surface area contributed by atoms with Gasteiger partial charge in [0, 0.05) is 24.4 Å². The molecule has 0 fully saturated rings. The number of aromatic nitrogens is 4. The van der Waals surface area contributed by atoms with Crippen LogP contribution in [-0.2, 0) is 16.1 Å². The van der Waals surface area contributed by atoms with Crippen molar-refractivity contribution in [3.8, 4) is 11.5 Å². The normalized spacial score (nSPS) is 15.2. The van der Waals surface area contributed by atoms with Gasteiger partial charge in [-0.15, -0.1) is 5.10 Å². The molecule has 4 heterocycles. The first-order chi connectivity index (χ1) is 17.7. The van der Waals surface area contributed by atoms with Crippen LogP contribution in [0.2, 0.25) is 0 Å². The summed E-state index contributed by atoms with van der Waals surface area (Å²) in [6.07, 6.45) is 2.51. The van der Waals surface area contributed by atoms with Gasteiger partial charge in [0.1, 0.15) is 0 Å². The first-order valence-electron chi connectivity index (χ1n) is 11.3. The van der Waals surface area contributed by atoms with Crippen LogP contribution in [0.1, 0.15) is 16.7 Å². The Kier molecular flexibility index (Phi) is 5.47. The van der Waals surface area contributed by atoms with Crippen molar-refractivity contribution in [3.63, 3.8) is 0 Å². The lowest BCUT2D eigenvalue weighted by atomic mass is 10.0. The number of rotatable bonds is 6. The van der Waals surface area contributed by atoms with Crippen LogP contribution in [-0.4, -0.2) is 44.7 Å². The van der Waals surface area contributed by atoms with Crippen LogP contribution >= 0.6 is 0 Å². The van der Waals surface area contributed by atoms with Gasteiger partial charge in [-0.2, -0.15) is 5.10 Å². The molecule has 0 radical (unpaired) electrons. The Hall–Kier alpha value is -4.83. The Morgan fingerprint density at radius 3 is 2.75 bits per heavy atom. The number of para-hydroxylation sites is 1. The molecule has 1 aliphatic heterocycles. The maximum Gasteiger partial charge on any atom is 0.317 e. The number of amides is 1. The van der Waals surface area contributed by atoms with Gasteiger partial charge >= 0.3 is 6.01 Å².